The van der Waals surface area contributed by atoms with E-state index in [1.807, 2.05) is 91.0 Å². The van der Waals surface area contributed by atoms with Gasteiger partial charge in [0.2, 0.25) is 0 Å². The first-order valence-electron chi connectivity index (χ1n) is 29.6. The summed E-state index contributed by atoms with van der Waals surface area (Å²) in [6.07, 6.45) is 3.54. The van der Waals surface area contributed by atoms with Crippen molar-refractivity contribution in [1.82, 2.24) is 28.7 Å². The van der Waals surface area contributed by atoms with Crippen LogP contribution < -0.4 is 16.7 Å². The van der Waals surface area contributed by atoms with Gasteiger partial charge in [0.15, 0.2) is 0 Å². The quantitative estimate of drug-likeness (QED) is 0.140. The zero-order valence-electron chi connectivity index (χ0n) is 51.4. The van der Waals surface area contributed by atoms with Crippen LogP contribution in [0.2, 0.25) is 0 Å². The minimum absolute atomic E-state index is 0. The number of aromatic nitrogens is 6. The van der Waals surface area contributed by atoms with Crippen molar-refractivity contribution in [2.24, 2.45) is 20.9 Å². The van der Waals surface area contributed by atoms with Gasteiger partial charge in [0, 0.05) is 68.0 Å². The van der Waals surface area contributed by atoms with Crippen molar-refractivity contribution >= 4 is 178 Å². The Bertz CT molecular complexity index is 5200. The van der Waals surface area contributed by atoms with Crippen molar-refractivity contribution in [1.29, 1.82) is 0 Å². The predicted molar refractivity (Wildman–Crippen MR) is 345 cm³/mol. The van der Waals surface area contributed by atoms with Crippen LogP contribution in [-0.2, 0) is 41.0 Å². The summed E-state index contributed by atoms with van der Waals surface area (Å²) in [6, 6.07) is 63.4. The van der Waals surface area contributed by atoms with Gasteiger partial charge in [-0.3, -0.25) is 14.4 Å². The molecule has 82 heavy (non-hydrogen) atoms. The van der Waals surface area contributed by atoms with Crippen LogP contribution >= 0.6 is 47.8 Å². The monoisotopic (exact) mass is 1440 g/mol. The molecule has 32 rings (SSSR count). The molecule has 0 spiro atoms. The number of rotatable bonds is 0. The molecule has 0 aliphatic rings. The topological polar surface area (TPSA) is 105 Å². The number of hydrogen-bond acceptors (Lipinski definition) is 6. The SMILES string of the molecule is [2H]C([2H])([2H])n1c(=O)c2cc3cc(c2)c(=O)n(C([2H])([2H])[2H])c2ccc(nc2)c2[c-]cc(c(Br)c2)c2ccccc2c2cc(cc(c2)c2ccccc2c2c[c-]c(cc2Br)c2ccc(cn2)n(C([2H])([2H])[2H])c3=O)c2ccccc2c2c[c-]c(cc2Br)c2ccc1cn2.[Ir+3]. The van der Waals surface area contributed by atoms with E-state index >= 15 is 14.4 Å². The molecule has 32 aromatic rings. The van der Waals surface area contributed by atoms with E-state index in [9.17, 15) is 0 Å². The molecule has 0 radical (unpaired) electrons. The second kappa shape index (κ2) is 22.2. The van der Waals surface area contributed by atoms with Gasteiger partial charge in [-0.1, -0.05) is 185 Å². The van der Waals surface area contributed by atoms with Gasteiger partial charge in [-0.2, -0.15) is 0 Å². The summed E-state index contributed by atoms with van der Waals surface area (Å²) in [7, 11) is 0. The maximum atomic E-state index is 15.1. The van der Waals surface area contributed by atoms with Crippen LogP contribution in [0.3, 0.4) is 0 Å². The molecule has 24 aromatic heterocycles. The Hall–Kier alpha value is -8.29. The first-order chi connectivity index (χ1) is 43.0. The van der Waals surface area contributed by atoms with Crippen LogP contribution in [0.5, 0.6) is 0 Å². The van der Waals surface area contributed by atoms with E-state index in [-0.39, 0.29) is 36.7 Å². The molecule has 0 saturated carbocycles. The van der Waals surface area contributed by atoms with E-state index in [0.717, 1.165) is 82.8 Å². The van der Waals surface area contributed by atoms with E-state index < -0.39 is 53.8 Å². The maximum Gasteiger partial charge on any atom is 3.00 e. The zero-order chi connectivity index (χ0) is 63.1. The molecule has 24 heterocycles. The molecule has 0 N–H and O–H groups in total. The fourth-order valence-electron chi connectivity index (χ4n) is 10.2. The Morgan fingerprint density at radius 3 is 0.866 bits per heavy atom. The first-order valence-corrected chi connectivity index (χ1v) is 27.5. The average molecular weight is 1440 g/mol. The third-order valence-electron chi connectivity index (χ3n) is 14.3. The molecule has 0 fully saturated rings. The molecule has 0 aliphatic carbocycles. The maximum absolute atomic E-state index is 15.1. The number of pyridine rings is 3. The van der Waals surface area contributed by atoms with Gasteiger partial charge in [-0.15, -0.1) is 70.8 Å². The third-order valence-corrected chi connectivity index (χ3v) is 16.3. The number of halogens is 3. The molecule has 18 bridgehead atoms. The molecule has 0 amide bonds. The van der Waals surface area contributed by atoms with Gasteiger partial charge in [0.1, 0.15) is 0 Å². The molecule has 396 valence electrons. The van der Waals surface area contributed by atoms with Gasteiger partial charge in [0.25, 0.3) is 16.7 Å². The van der Waals surface area contributed by atoms with Crippen LogP contribution in [0.1, 0.15) is 12.3 Å². The Labute approximate surface area is 519 Å². The molecule has 9 nitrogen and oxygen atoms in total. The molecular formula is C69H42Br3IrN6O3. The third kappa shape index (κ3) is 9.96. The number of nitrogens with zero attached hydrogens (tertiary/aromatic N) is 6. The van der Waals surface area contributed by atoms with Gasteiger partial charge in [-0.05, 0) is 103 Å². The summed E-state index contributed by atoms with van der Waals surface area (Å²) in [6.45, 7) is -9.76. The van der Waals surface area contributed by atoms with E-state index in [4.69, 9.17) is 12.3 Å². The minimum atomic E-state index is -3.25. The summed E-state index contributed by atoms with van der Waals surface area (Å²) < 4.78 is 81.8. The van der Waals surface area contributed by atoms with E-state index in [0.29, 0.717) is 59.8 Å². The summed E-state index contributed by atoms with van der Waals surface area (Å²) in [5, 5.41) is 10.1. The van der Waals surface area contributed by atoms with Crippen molar-refractivity contribution in [3.63, 3.8) is 0 Å². The second-order valence-corrected chi connectivity index (χ2v) is 21.7. The fourth-order valence-corrected chi connectivity index (χ4v) is 11.9. The van der Waals surface area contributed by atoms with Gasteiger partial charge in [-0.25, -0.2) is 0 Å². The van der Waals surface area contributed by atoms with Crippen molar-refractivity contribution < 1.29 is 32.4 Å². The van der Waals surface area contributed by atoms with Crippen LogP contribution in [0.15, 0.2) is 228 Å². The molecular weight excluding hydrogens is 1390 g/mol. The molecule has 13 heteroatoms. The second-order valence-electron chi connectivity index (χ2n) is 19.2. The molecule has 0 atom stereocenters. The number of benzene rings is 8. The summed E-state index contributed by atoms with van der Waals surface area (Å²) in [5.74, 6) is 0. The minimum Gasteiger partial charge on any atom is -0.310 e. The van der Waals surface area contributed by atoms with Crippen molar-refractivity contribution in [3.8, 4) is 0 Å². The van der Waals surface area contributed by atoms with Crippen LogP contribution in [0.4, 0.5) is 0 Å². The van der Waals surface area contributed by atoms with E-state index in [1.165, 1.54) is 55.0 Å². The molecule has 8 aromatic carbocycles. The largest absolute Gasteiger partial charge is 3.00 e. The summed E-state index contributed by atoms with van der Waals surface area (Å²) in [4.78, 5) is 59.3. The summed E-state index contributed by atoms with van der Waals surface area (Å²) in [5.41, 5.74) is -3.48. The van der Waals surface area contributed by atoms with Crippen LogP contribution in [0, 0.1) is 18.2 Å². The normalized spacial score (nSPS) is 13.4. The van der Waals surface area contributed by atoms with E-state index in [2.05, 4.69) is 117 Å². The van der Waals surface area contributed by atoms with Crippen LogP contribution in [-0.4, -0.2) is 28.7 Å². The molecule has 0 saturated heterocycles. The average Bonchev–Trinajstić information content (AvgIpc) is 0.916. The van der Waals surface area contributed by atoms with Crippen molar-refractivity contribution in [3.05, 3.63) is 263 Å². The Morgan fingerprint density at radius 1 is 0.354 bits per heavy atom. The number of hydrogen-bond donors (Lipinski definition) is 0. The molecule has 0 aliphatic heterocycles. The van der Waals surface area contributed by atoms with Crippen LogP contribution in [0.25, 0.3) is 130 Å². The van der Waals surface area contributed by atoms with Gasteiger partial charge >= 0.3 is 20.1 Å². The smallest absolute Gasteiger partial charge is 0.310 e. The Balaban J connectivity index is 0.00000800. The number of aryl methyl sites for hydroxylation is 3. The van der Waals surface area contributed by atoms with Gasteiger partial charge < -0.3 is 28.7 Å². The first kappa shape index (κ1) is 44.4. The Kier molecular flexibility index (Phi) is 12.0. The van der Waals surface area contributed by atoms with Crippen molar-refractivity contribution in [2.45, 2.75) is 0 Å². The fraction of sp³-hybridized carbons (Fsp3) is 0.0435. The zero-order valence-corrected chi connectivity index (χ0v) is 49.6. The van der Waals surface area contributed by atoms with E-state index in [1.54, 1.807) is 0 Å². The predicted octanol–water partition coefficient (Wildman–Crippen LogP) is 16.6. The Morgan fingerprint density at radius 2 is 0.622 bits per heavy atom. The standard InChI is InChI=1S/C69H42Br3N6O3.Ir/c1-76-49-19-25-64(73-37-49)40-16-22-58(61(70)34-40)55-13-7-4-10-52(55)43-28-44-30-45(29-43)54-12-6-9-15-57(54)60-24-18-42(36-63(60)72)66-27-21-51(39-75-66)78(3)69(81)48-32-46(67(76)79)31-47(33-48)68(80)77(2)50-20-26-65(74-38-50)41-17-23-59(62(71)35-41)56-14-8-5-11-53(44)56;/h4-15,19-39H,1-3H3;/q-3;+3/i1D3,2D3,3D3;. The summed E-state index contributed by atoms with van der Waals surface area (Å²) >= 11 is 11.6. The van der Waals surface area contributed by atoms with Crippen molar-refractivity contribution in [2.75, 3.05) is 0 Å². The molecule has 0 unspecified atom stereocenters. The van der Waals surface area contributed by atoms with Gasteiger partial charge in [0.05, 0.1) is 16.6 Å².